The summed E-state index contributed by atoms with van der Waals surface area (Å²) in [7, 11) is 0. The molecule has 4 heteroatoms. The Morgan fingerprint density at radius 3 is 2.24 bits per heavy atom. The first-order valence-electron chi connectivity index (χ1n) is 9.71. The molecule has 0 fully saturated rings. The molecule has 0 amide bonds. The standard InChI is InChI=1S/C25H24O4/c26-24(27)16-8-15-23(20-11-5-2-6-12-20)25(28)21-13-7-14-22(17-21)29-18-19-9-3-1-4-10-19/h1-7,9-14,17,23H,8,15-16,18H2,(H,26,27). The lowest BCUT2D eigenvalue weighted by Crippen LogP contribution is -2.14. The van der Waals surface area contributed by atoms with Gasteiger partial charge in [-0.1, -0.05) is 72.8 Å². The van der Waals surface area contributed by atoms with Crippen molar-refractivity contribution in [2.45, 2.75) is 31.8 Å². The summed E-state index contributed by atoms with van der Waals surface area (Å²) in [6.07, 6.45) is 0.992. The zero-order valence-electron chi connectivity index (χ0n) is 16.2. The summed E-state index contributed by atoms with van der Waals surface area (Å²) in [6, 6.07) is 26.6. The maximum atomic E-state index is 13.2. The highest BCUT2D eigenvalue weighted by molar-refractivity contribution is 6.01. The van der Waals surface area contributed by atoms with Crippen molar-refractivity contribution < 1.29 is 19.4 Å². The van der Waals surface area contributed by atoms with E-state index in [2.05, 4.69) is 0 Å². The van der Waals surface area contributed by atoms with Crippen molar-refractivity contribution in [2.24, 2.45) is 0 Å². The van der Waals surface area contributed by atoms with Crippen LogP contribution in [-0.2, 0) is 11.4 Å². The molecule has 0 heterocycles. The van der Waals surface area contributed by atoms with E-state index in [0.29, 0.717) is 30.8 Å². The molecule has 3 rings (SSSR count). The van der Waals surface area contributed by atoms with Crippen molar-refractivity contribution in [3.05, 3.63) is 102 Å². The predicted molar refractivity (Wildman–Crippen MR) is 112 cm³/mol. The average molecular weight is 388 g/mol. The van der Waals surface area contributed by atoms with Crippen LogP contribution in [0.1, 0.15) is 46.7 Å². The van der Waals surface area contributed by atoms with Crippen LogP contribution in [0.15, 0.2) is 84.9 Å². The molecule has 3 aromatic rings. The first-order chi connectivity index (χ1) is 14.1. The summed E-state index contributed by atoms with van der Waals surface area (Å²) in [5, 5.41) is 8.94. The topological polar surface area (TPSA) is 63.6 Å². The molecule has 0 aliphatic rings. The second-order valence-electron chi connectivity index (χ2n) is 6.92. The number of carbonyl (C=O) groups is 2. The summed E-state index contributed by atoms with van der Waals surface area (Å²) >= 11 is 0. The molecule has 0 aliphatic carbocycles. The van der Waals surface area contributed by atoms with Crippen LogP contribution in [0.3, 0.4) is 0 Å². The lowest BCUT2D eigenvalue weighted by molar-refractivity contribution is -0.137. The largest absolute Gasteiger partial charge is 0.489 e. The van der Waals surface area contributed by atoms with E-state index in [4.69, 9.17) is 9.84 Å². The fourth-order valence-electron chi connectivity index (χ4n) is 3.27. The number of ketones is 1. The van der Waals surface area contributed by atoms with Gasteiger partial charge in [-0.2, -0.15) is 0 Å². The van der Waals surface area contributed by atoms with Crippen molar-refractivity contribution in [3.8, 4) is 5.75 Å². The van der Waals surface area contributed by atoms with Gasteiger partial charge in [-0.05, 0) is 36.1 Å². The van der Waals surface area contributed by atoms with Crippen LogP contribution in [0.4, 0.5) is 0 Å². The number of Topliss-reactive ketones (excluding diaryl/α,β-unsaturated/α-hetero) is 1. The third-order valence-corrected chi connectivity index (χ3v) is 4.77. The SMILES string of the molecule is O=C(O)CCCC(C(=O)c1cccc(OCc2ccccc2)c1)c1ccccc1. The summed E-state index contributed by atoms with van der Waals surface area (Å²) in [5.41, 5.74) is 2.53. The Morgan fingerprint density at radius 1 is 0.862 bits per heavy atom. The van der Waals surface area contributed by atoms with Crippen LogP contribution in [0, 0.1) is 0 Å². The first kappa shape index (κ1) is 20.3. The minimum absolute atomic E-state index is 0.0215. The normalized spacial score (nSPS) is 11.6. The van der Waals surface area contributed by atoms with E-state index in [0.717, 1.165) is 11.1 Å². The van der Waals surface area contributed by atoms with Gasteiger partial charge >= 0.3 is 5.97 Å². The van der Waals surface area contributed by atoms with E-state index >= 15 is 0 Å². The van der Waals surface area contributed by atoms with Crippen LogP contribution in [0.25, 0.3) is 0 Å². The molecule has 0 aromatic heterocycles. The Bertz CT molecular complexity index is 935. The lowest BCUT2D eigenvalue weighted by Gasteiger charge is -2.17. The van der Waals surface area contributed by atoms with Gasteiger partial charge in [0.25, 0.3) is 0 Å². The summed E-state index contributed by atoms with van der Waals surface area (Å²) in [5.74, 6) is -0.607. The smallest absolute Gasteiger partial charge is 0.303 e. The minimum atomic E-state index is -0.847. The van der Waals surface area contributed by atoms with Crippen molar-refractivity contribution in [1.82, 2.24) is 0 Å². The van der Waals surface area contributed by atoms with E-state index in [1.165, 1.54) is 0 Å². The Morgan fingerprint density at radius 2 is 1.55 bits per heavy atom. The molecule has 29 heavy (non-hydrogen) atoms. The molecule has 0 spiro atoms. The van der Waals surface area contributed by atoms with Crippen molar-refractivity contribution in [2.75, 3.05) is 0 Å². The number of aliphatic carboxylic acids is 1. The van der Waals surface area contributed by atoms with Crippen molar-refractivity contribution >= 4 is 11.8 Å². The molecule has 4 nitrogen and oxygen atoms in total. The highest BCUT2D eigenvalue weighted by atomic mass is 16.5. The summed E-state index contributed by atoms with van der Waals surface area (Å²) < 4.78 is 5.85. The Balaban J connectivity index is 1.75. The summed E-state index contributed by atoms with van der Waals surface area (Å²) in [4.78, 5) is 24.1. The number of carboxylic acid groups (broad SMARTS) is 1. The molecular weight excluding hydrogens is 364 g/mol. The van der Waals surface area contributed by atoms with Crippen LogP contribution < -0.4 is 4.74 Å². The number of hydrogen-bond donors (Lipinski definition) is 1. The number of carbonyl (C=O) groups excluding carboxylic acids is 1. The Hall–Kier alpha value is -3.40. The molecular formula is C25H24O4. The van der Waals surface area contributed by atoms with Gasteiger partial charge in [-0.3, -0.25) is 9.59 Å². The molecule has 1 N–H and O–H groups in total. The van der Waals surface area contributed by atoms with Crippen LogP contribution in [-0.4, -0.2) is 16.9 Å². The van der Waals surface area contributed by atoms with E-state index < -0.39 is 5.97 Å². The second kappa shape index (κ2) is 10.2. The van der Waals surface area contributed by atoms with E-state index in [1.807, 2.05) is 72.8 Å². The van der Waals surface area contributed by atoms with E-state index in [-0.39, 0.29) is 18.1 Å². The third kappa shape index (κ3) is 6.04. The maximum absolute atomic E-state index is 13.2. The second-order valence-corrected chi connectivity index (χ2v) is 6.92. The van der Waals surface area contributed by atoms with Gasteiger partial charge in [-0.25, -0.2) is 0 Å². The maximum Gasteiger partial charge on any atom is 0.303 e. The quantitative estimate of drug-likeness (QED) is 0.467. The van der Waals surface area contributed by atoms with Gasteiger partial charge in [0.05, 0.1) is 0 Å². The zero-order valence-corrected chi connectivity index (χ0v) is 16.2. The molecule has 1 unspecified atom stereocenters. The molecule has 0 saturated carbocycles. The van der Waals surface area contributed by atoms with Gasteiger partial charge in [0.1, 0.15) is 12.4 Å². The molecule has 0 aliphatic heterocycles. The zero-order chi connectivity index (χ0) is 20.5. The van der Waals surface area contributed by atoms with Gasteiger partial charge in [0, 0.05) is 17.9 Å². The van der Waals surface area contributed by atoms with Gasteiger partial charge in [-0.15, -0.1) is 0 Å². The van der Waals surface area contributed by atoms with E-state index in [1.54, 1.807) is 12.1 Å². The highest BCUT2D eigenvalue weighted by Gasteiger charge is 2.22. The number of ether oxygens (including phenoxy) is 1. The monoisotopic (exact) mass is 388 g/mol. The molecule has 148 valence electrons. The molecule has 3 aromatic carbocycles. The van der Waals surface area contributed by atoms with E-state index in [9.17, 15) is 9.59 Å². The predicted octanol–water partition coefficient (Wildman–Crippen LogP) is 5.49. The summed E-state index contributed by atoms with van der Waals surface area (Å²) in [6.45, 7) is 0.430. The van der Waals surface area contributed by atoms with Crippen LogP contribution in [0.2, 0.25) is 0 Å². The fraction of sp³-hybridized carbons (Fsp3) is 0.200. The lowest BCUT2D eigenvalue weighted by atomic mass is 9.86. The third-order valence-electron chi connectivity index (χ3n) is 4.77. The molecule has 0 saturated heterocycles. The van der Waals surface area contributed by atoms with Gasteiger partial charge in [0.15, 0.2) is 5.78 Å². The number of hydrogen-bond acceptors (Lipinski definition) is 3. The number of benzene rings is 3. The minimum Gasteiger partial charge on any atom is -0.489 e. The fourth-order valence-corrected chi connectivity index (χ4v) is 3.27. The van der Waals surface area contributed by atoms with Crippen LogP contribution >= 0.6 is 0 Å². The first-order valence-corrected chi connectivity index (χ1v) is 9.71. The van der Waals surface area contributed by atoms with Gasteiger partial charge in [0.2, 0.25) is 0 Å². The molecule has 0 bridgehead atoms. The van der Waals surface area contributed by atoms with Crippen LogP contribution in [0.5, 0.6) is 5.75 Å². The Labute approximate surface area is 170 Å². The number of rotatable bonds is 10. The molecule has 0 radical (unpaired) electrons. The van der Waals surface area contributed by atoms with Gasteiger partial charge < -0.3 is 9.84 Å². The highest BCUT2D eigenvalue weighted by Crippen LogP contribution is 2.28. The number of carboxylic acids is 1. The Kier molecular flexibility index (Phi) is 7.17. The van der Waals surface area contributed by atoms with Crippen molar-refractivity contribution in [3.63, 3.8) is 0 Å². The van der Waals surface area contributed by atoms with Crippen molar-refractivity contribution in [1.29, 1.82) is 0 Å². The molecule has 1 atom stereocenters. The average Bonchev–Trinajstić information content (AvgIpc) is 2.76.